The Kier molecular flexibility index (Phi) is 6.36. The van der Waals surface area contributed by atoms with E-state index in [-0.39, 0.29) is 49.8 Å². The second-order valence-electron chi connectivity index (χ2n) is 11.0. The molecule has 40 heavy (non-hydrogen) atoms. The molecule has 0 spiro atoms. The zero-order valence-corrected chi connectivity index (χ0v) is 22.2. The van der Waals surface area contributed by atoms with Crippen molar-refractivity contribution >= 4 is 11.7 Å². The Labute approximate surface area is 228 Å². The fraction of sp³-hybridized carbons (Fsp3) is 0.500. The summed E-state index contributed by atoms with van der Waals surface area (Å²) >= 11 is 0. The van der Waals surface area contributed by atoms with Crippen LogP contribution < -0.4 is 10.8 Å². The number of fused-ring (bicyclic) bond motifs is 3. The molecule has 1 unspecified atom stereocenters. The van der Waals surface area contributed by atoms with Gasteiger partial charge < -0.3 is 19.9 Å². The molecule has 4 heterocycles. The van der Waals surface area contributed by atoms with E-state index in [4.69, 9.17) is 0 Å². The number of hydrogen-bond donors (Lipinski definition) is 2. The number of amides is 1. The quantitative estimate of drug-likeness (QED) is 0.459. The van der Waals surface area contributed by atoms with Gasteiger partial charge in [0.1, 0.15) is 23.3 Å². The first-order valence-electron chi connectivity index (χ1n) is 13.5. The number of benzene rings is 1. The highest BCUT2D eigenvalue weighted by molar-refractivity contribution is 5.88. The smallest absolute Gasteiger partial charge is 0.266 e. The van der Waals surface area contributed by atoms with Gasteiger partial charge in [0, 0.05) is 37.3 Å². The molecule has 1 atom stereocenters. The maximum absolute atomic E-state index is 14.9. The maximum atomic E-state index is 14.9. The number of nitrogens with zero attached hydrogens (tertiary/aromatic N) is 5. The number of hydrogen-bond acceptors (Lipinski definition) is 6. The highest BCUT2D eigenvalue weighted by atomic mass is 19.3. The minimum atomic E-state index is -2.95. The van der Waals surface area contributed by atoms with E-state index in [2.05, 4.69) is 20.3 Å². The predicted octanol–water partition coefficient (Wildman–Crippen LogP) is 4.17. The summed E-state index contributed by atoms with van der Waals surface area (Å²) in [4.78, 5) is 27.8. The molecule has 0 bridgehead atoms. The second-order valence-corrected chi connectivity index (χ2v) is 11.0. The van der Waals surface area contributed by atoms with E-state index in [1.54, 1.807) is 19.9 Å². The molecule has 1 aliphatic carbocycles. The number of pyridine rings is 1. The number of halogens is 4. The minimum Gasteiger partial charge on any atom is -0.385 e. The van der Waals surface area contributed by atoms with Gasteiger partial charge in [-0.15, -0.1) is 0 Å². The largest absolute Gasteiger partial charge is 0.385 e. The number of rotatable bonds is 5. The summed E-state index contributed by atoms with van der Waals surface area (Å²) in [6.07, 6.45) is -2.03. The number of aryl methyl sites for hydroxylation is 1. The molecule has 1 aromatic carbocycles. The van der Waals surface area contributed by atoms with Crippen molar-refractivity contribution in [2.75, 3.05) is 25.0 Å². The Morgan fingerprint density at radius 1 is 1.12 bits per heavy atom. The average Bonchev–Trinajstić information content (AvgIpc) is 3.47. The third-order valence-electron chi connectivity index (χ3n) is 8.23. The molecule has 212 valence electrons. The number of carbonyl (C=O) groups is 1. The zero-order valence-electron chi connectivity index (χ0n) is 22.2. The lowest BCUT2D eigenvalue weighted by Gasteiger charge is -2.40. The lowest BCUT2D eigenvalue weighted by atomic mass is 9.83. The van der Waals surface area contributed by atoms with Crippen molar-refractivity contribution in [2.45, 2.75) is 69.8 Å². The van der Waals surface area contributed by atoms with Crippen LogP contribution in [0, 0.1) is 12.7 Å². The molecule has 0 aromatic heterocycles. The van der Waals surface area contributed by atoms with Gasteiger partial charge in [-0.1, -0.05) is 18.2 Å². The van der Waals surface area contributed by atoms with Crippen LogP contribution in [0.5, 0.6) is 0 Å². The maximum Gasteiger partial charge on any atom is 0.266 e. The Hall–Kier alpha value is -3.54. The number of nitrogens with one attached hydrogen (secondary N) is 1. The average molecular weight is 559 g/mol. The van der Waals surface area contributed by atoms with Gasteiger partial charge in [0.05, 0.1) is 22.8 Å². The first kappa shape index (κ1) is 26.7. The number of likely N-dealkylation sites (tertiary alicyclic amines) is 1. The van der Waals surface area contributed by atoms with E-state index >= 15 is 0 Å². The molecule has 5 aliphatic rings. The number of anilines is 1. The van der Waals surface area contributed by atoms with E-state index in [1.165, 1.54) is 17.0 Å². The van der Waals surface area contributed by atoms with Crippen LogP contribution in [0.25, 0.3) is 11.4 Å². The summed E-state index contributed by atoms with van der Waals surface area (Å²) in [5, 5.41) is 15.2. The molecule has 12 heteroatoms. The zero-order chi connectivity index (χ0) is 28.4. The monoisotopic (exact) mass is 558 g/mol. The predicted molar refractivity (Wildman–Crippen MR) is 138 cm³/mol. The van der Waals surface area contributed by atoms with Crippen molar-refractivity contribution in [2.24, 2.45) is 4.99 Å². The Morgan fingerprint density at radius 2 is 1.82 bits per heavy atom. The molecule has 1 aromatic rings. The standard InChI is InChI=1S/C28H30F4N6O2/c1-15(17-4-3-5-18(21(17)29)22(30)31)34-23-19-14-20(25-33-10-13-38(25)24(19)36-16(2)35-23)28(40)8-11-37(12-9-28)26(39)27(32)6-7-27/h3-5,14-15,22,33,40H,6-13H2,1-2H3. The van der Waals surface area contributed by atoms with Gasteiger partial charge in [-0.05, 0) is 45.6 Å². The van der Waals surface area contributed by atoms with Gasteiger partial charge in [-0.25, -0.2) is 27.5 Å². The summed E-state index contributed by atoms with van der Waals surface area (Å²) in [5.41, 5.74) is -2.35. The lowest BCUT2D eigenvalue weighted by Crippen LogP contribution is -2.48. The van der Waals surface area contributed by atoms with E-state index in [0.29, 0.717) is 41.7 Å². The van der Waals surface area contributed by atoms with Gasteiger partial charge >= 0.3 is 0 Å². The van der Waals surface area contributed by atoms with Crippen molar-refractivity contribution in [3.63, 3.8) is 0 Å². The van der Waals surface area contributed by atoms with Gasteiger partial charge in [0.2, 0.25) is 0 Å². The van der Waals surface area contributed by atoms with Crippen LogP contribution in [0.15, 0.2) is 29.3 Å². The van der Waals surface area contributed by atoms with Gasteiger partial charge in [0.25, 0.3) is 12.3 Å². The molecule has 1 saturated heterocycles. The van der Waals surface area contributed by atoms with Crippen LogP contribution in [0.3, 0.4) is 0 Å². The normalized spacial score (nSPS) is 20.5. The molecular formula is C28H30F4N6O2. The van der Waals surface area contributed by atoms with Crippen LogP contribution in [-0.4, -0.2) is 55.8 Å². The first-order chi connectivity index (χ1) is 19.0. The third kappa shape index (κ3) is 4.42. The fourth-order valence-electron chi connectivity index (χ4n) is 5.77. The van der Waals surface area contributed by atoms with E-state index in [9.17, 15) is 27.5 Å². The van der Waals surface area contributed by atoms with Crippen LogP contribution >= 0.6 is 0 Å². The Morgan fingerprint density at radius 3 is 2.50 bits per heavy atom. The van der Waals surface area contributed by atoms with E-state index < -0.39 is 41.0 Å². The van der Waals surface area contributed by atoms with Crippen LogP contribution in [0.1, 0.15) is 67.6 Å². The first-order valence-corrected chi connectivity index (χ1v) is 13.5. The molecular weight excluding hydrogens is 528 g/mol. The Bertz CT molecular complexity index is 1530. The number of aromatic nitrogens is 3. The molecule has 4 aliphatic heterocycles. The molecule has 8 nitrogen and oxygen atoms in total. The van der Waals surface area contributed by atoms with Crippen molar-refractivity contribution in [3.05, 3.63) is 58.1 Å². The van der Waals surface area contributed by atoms with Crippen molar-refractivity contribution < 1.29 is 27.5 Å². The second kappa shape index (κ2) is 9.53. The van der Waals surface area contributed by atoms with Crippen LogP contribution in [-0.2, 0) is 16.9 Å². The van der Waals surface area contributed by atoms with Crippen molar-refractivity contribution in [1.82, 2.24) is 19.4 Å². The Balaban J connectivity index is 1.42. The van der Waals surface area contributed by atoms with E-state index in [0.717, 1.165) is 6.07 Å². The summed E-state index contributed by atoms with van der Waals surface area (Å²) in [6, 6.07) is 4.79. The number of alkyl halides is 3. The number of carbonyl (C=O) groups excluding carboxylic acids is 1. The molecule has 1 amide bonds. The molecule has 2 N–H and O–H groups in total. The lowest BCUT2D eigenvalue weighted by molar-refractivity contribution is -0.142. The molecule has 6 rings (SSSR count). The van der Waals surface area contributed by atoms with Gasteiger partial charge in [0.15, 0.2) is 11.2 Å². The highest BCUT2D eigenvalue weighted by Crippen LogP contribution is 2.45. The summed E-state index contributed by atoms with van der Waals surface area (Å²) in [5.74, 6) is 0.203. The third-order valence-corrected chi connectivity index (χ3v) is 8.23. The topological polar surface area (TPSA) is 95.6 Å². The summed E-state index contributed by atoms with van der Waals surface area (Å²) in [7, 11) is 0. The number of piperidine rings is 1. The van der Waals surface area contributed by atoms with Crippen LogP contribution in [0.4, 0.5) is 23.4 Å². The van der Waals surface area contributed by atoms with E-state index in [1.807, 2.05) is 4.57 Å². The fourth-order valence-corrected chi connectivity index (χ4v) is 5.77. The summed E-state index contributed by atoms with van der Waals surface area (Å²) in [6.45, 7) is 4.93. The van der Waals surface area contributed by atoms with Crippen molar-refractivity contribution in [3.8, 4) is 11.4 Å². The van der Waals surface area contributed by atoms with Crippen molar-refractivity contribution in [1.29, 1.82) is 0 Å². The molecule has 0 radical (unpaired) electrons. The highest BCUT2D eigenvalue weighted by Gasteiger charge is 2.54. The number of aliphatic hydroxyl groups is 1. The van der Waals surface area contributed by atoms with Gasteiger partial charge in [-0.2, -0.15) is 0 Å². The minimum absolute atomic E-state index is 0.0230. The van der Waals surface area contributed by atoms with Gasteiger partial charge in [-0.3, -0.25) is 9.79 Å². The molecule has 1 saturated carbocycles. The SMILES string of the molecule is Cc1nc2n3c(c(C4(O)CCN(C(=O)C5(F)CC5)CC4)cc-2c(=NC(C)c2cccc(C(F)F)c2F)n1)NCC3. The molecule has 2 fully saturated rings. The van der Waals surface area contributed by atoms with Crippen LogP contribution in [0.2, 0.25) is 0 Å². The summed E-state index contributed by atoms with van der Waals surface area (Å²) < 4.78 is 57.9.